The maximum Gasteiger partial charge on any atom is 0.334 e. The van der Waals surface area contributed by atoms with Gasteiger partial charge in [0.25, 0.3) is 0 Å². The van der Waals surface area contributed by atoms with Crippen molar-refractivity contribution in [1.82, 2.24) is 15.1 Å². The summed E-state index contributed by atoms with van der Waals surface area (Å²) in [7, 11) is 1.98. The van der Waals surface area contributed by atoms with Crippen LogP contribution < -0.4 is 5.32 Å². The van der Waals surface area contributed by atoms with Crippen molar-refractivity contribution in [3.05, 3.63) is 78.7 Å². The van der Waals surface area contributed by atoms with E-state index in [4.69, 9.17) is 23.2 Å². The van der Waals surface area contributed by atoms with Crippen molar-refractivity contribution >= 4 is 52.4 Å². The van der Waals surface area contributed by atoms with Crippen LogP contribution in [0.1, 0.15) is 29.2 Å². The zero-order chi connectivity index (χ0) is 26.7. The number of allylic oxidation sites excluding steroid dienone is 1. The maximum absolute atomic E-state index is 13.2. The fourth-order valence-corrected chi connectivity index (χ4v) is 6.07. The first-order chi connectivity index (χ1) is 17.7. The predicted octanol–water partition coefficient (Wildman–Crippen LogP) is 4.22. The Kier molecular flexibility index (Phi) is 8.59. The third kappa shape index (κ3) is 6.01. The number of halogens is 2. The molecule has 4 rings (SSSR count). The number of dihydropyridines is 1. The molecule has 3 N–H and O–H groups in total. The van der Waals surface area contributed by atoms with E-state index in [2.05, 4.69) is 10.2 Å². The molecule has 1 saturated heterocycles. The zero-order valence-corrected chi connectivity index (χ0v) is 22.5. The highest BCUT2D eigenvalue weighted by atomic mass is 35.5. The molecule has 1 unspecified atom stereocenters. The Morgan fingerprint density at radius 2 is 1.57 bits per heavy atom. The number of thiophene rings is 1. The van der Waals surface area contributed by atoms with Gasteiger partial charge >= 0.3 is 11.9 Å². The number of carboxylic acid groups (broad SMARTS) is 2. The van der Waals surface area contributed by atoms with E-state index in [1.54, 1.807) is 34.4 Å². The number of hydrogen-bond acceptors (Lipinski definition) is 6. The highest BCUT2D eigenvalue weighted by molar-refractivity contribution is 7.09. The van der Waals surface area contributed by atoms with E-state index in [0.717, 1.165) is 18.0 Å². The molecular formula is C26H27Cl2N3O5S. The largest absolute Gasteiger partial charge is 0.478 e. The molecule has 0 spiro atoms. The topological polar surface area (TPSA) is 110 Å². The fraction of sp³-hybridized carbons (Fsp3) is 0.346. The highest BCUT2D eigenvalue weighted by Gasteiger charge is 2.41. The van der Waals surface area contributed by atoms with Gasteiger partial charge in [0, 0.05) is 58.1 Å². The molecule has 0 bridgehead atoms. The Balaban J connectivity index is 1.81. The minimum absolute atomic E-state index is 0.139. The molecule has 1 aromatic heterocycles. The first kappa shape index (κ1) is 27.2. The summed E-state index contributed by atoms with van der Waals surface area (Å²) in [5, 5.41) is 25.9. The molecule has 0 saturated carbocycles. The zero-order valence-electron chi connectivity index (χ0n) is 20.2. The number of hydrogen-bond donors (Lipinski definition) is 3. The van der Waals surface area contributed by atoms with Gasteiger partial charge < -0.3 is 25.3 Å². The van der Waals surface area contributed by atoms with Crippen molar-refractivity contribution in [3.63, 3.8) is 0 Å². The van der Waals surface area contributed by atoms with E-state index < -0.39 is 17.9 Å². The number of carbonyl (C=O) groups is 3. The molecule has 196 valence electrons. The minimum atomic E-state index is -1.34. The second-order valence-electron chi connectivity index (χ2n) is 9.03. The van der Waals surface area contributed by atoms with Crippen LogP contribution in [0.15, 0.2) is 58.3 Å². The van der Waals surface area contributed by atoms with Crippen LogP contribution >= 0.6 is 34.5 Å². The van der Waals surface area contributed by atoms with E-state index in [-0.39, 0.29) is 44.8 Å². The normalized spacial score (nSPS) is 18.7. The fourth-order valence-electron chi connectivity index (χ4n) is 4.75. The number of piperazine rings is 1. The van der Waals surface area contributed by atoms with Gasteiger partial charge in [-0.3, -0.25) is 4.79 Å². The van der Waals surface area contributed by atoms with Crippen LogP contribution in [0, 0.1) is 0 Å². The first-order valence-corrected chi connectivity index (χ1v) is 13.4. The lowest BCUT2D eigenvalue weighted by Gasteiger charge is -2.35. The van der Waals surface area contributed by atoms with Gasteiger partial charge in [0.05, 0.1) is 23.5 Å². The van der Waals surface area contributed by atoms with Crippen molar-refractivity contribution in [2.24, 2.45) is 0 Å². The molecule has 1 aromatic carbocycles. The smallest absolute Gasteiger partial charge is 0.334 e. The summed E-state index contributed by atoms with van der Waals surface area (Å²) >= 11 is 14.5. The molecule has 1 atom stereocenters. The van der Waals surface area contributed by atoms with Gasteiger partial charge in [0.1, 0.15) is 0 Å². The van der Waals surface area contributed by atoms with Crippen LogP contribution in [0.4, 0.5) is 0 Å². The van der Waals surface area contributed by atoms with E-state index in [9.17, 15) is 24.6 Å². The summed E-state index contributed by atoms with van der Waals surface area (Å²) in [4.78, 5) is 43.4. The van der Waals surface area contributed by atoms with Crippen molar-refractivity contribution in [3.8, 4) is 0 Å². The van der Waals surface area contributed by atoms with Crippen molar-refractivity contribution in [2.45, 2.75) is 25.2 Å². The molecule has 0 radical (unpaired) electrons. The second kappa shape index (κ2) is 11.7. The summed E-state index contributed by atoms with van der Waals surface area (Å²) < 4.78 is 0. The van der Waals surface area contributed by atoms with Crippen LogP contribution in [0.2, 0.25) is 10.0 Å². The summed E-state index contributed by atoms with van der Waals surface area (Å²) in [6.45, 7) is 2.51. The molecule has 2 aliphatic heterocycles. The molecule has 3 heterocycles. The van der Waals surface area contributed by atoms with Gasteiger partial charge in [-0.2, -0.15) is 0 Å². The Hall–Kier alpha value is -2.85. The average Bonchev–Trinajstić information content (AvgIpc) is 3.36. The predicted molar refractivity (Wildman–Crippen MR) is 143 cm³/mol. The third-order valence-corrected chi connectivity index (χ3v) is 8.26. The number of carbonyl (C=O) groups excluding carboxylic acids is 1. The van der Waals surface area contributed by atoms with Crippen LogP contribution in [0.5, 0.6) is 0 Å². The number of nitrogens with one attached hydrogen (secondary N) is 1. The lowest BCUT2D eigenvalue weighted by Crippen LogP contribution is -2.47. The molecule has 1 fully saturated rings. The van der Waals surface area contributed by atoms with Crippen molar-refractivity contribution < 1.29 is 24.6 Å². The molecule has 1 amide bonds. The van der Waals surface area contributed by atoms with Crippen LogP contribution in [0.25, 0.3) is 0 Å². The van der Waals surface area contributed by atoms with E-state index >= 15 is 0 Å². The number of likely N-dealkylation sites (N-methyl/N-ethyl adjacent to an activating group) is 1. The molecular weight excluding hydrogens is 537 g/mol. The van der Waals surface area contributed by atoms with Crippen molar-refractivity contribution in [2.75, 3.05) is 33.2 Å². The van der Waals surface area contributed by atoms with Gasteiger partial charge in [0.2, 0.25) is 5.91 Å². The number of benzene rings is 1. The monoisotopic (exact) mass is 563 g/mol. The van der Waals surface area contributed by atoms with Gasteiger partial charge in [-0.1, -0.05) is 35.3 Å². The lowest BCUT2D eigenvalue weighted by atomic mass is 9.78. The first-order valence-electron chi connectivity index (χ1n) is 11.8. The summed E-state index contributed by atoms with van der Waals surface area (Å²) in [6.07, 6.45) is 0.640. The molecule has 11 heteroatoms. The quantitative estimate of drug-likeness (QED) is 0.441. The Morgan fingerprint density at radius 3 is 2.14 bits per heavy atom. The summed E-state index contributed by atoms with van der Waals surface area (Å²) in [5.74, 6) is -4.11. The molecule has 8 nitrogen and oxygen atoms in total. The van der Waals surface area contributed by atoms with Gasteiger partial charge in [-0.05, 0) is 43.5 Å². The molecule has 2 aliphatic rings. The van der Waals surface area contributed by atoms with Gasteiger partial charge in [-0.25, -0.2) is 9.59 Å². The van der Waals surface area contributed by atoms with Crippen molar-refractivity contribution in [1.29, 1.82) is 0 Å². The van der Waals surface area contributed by atoms with Gasteiger partial charge in [-0.15, -0.1) is 11.3 Å². The minimum Gasteiger partial charge on any atom is -0.478 e. The Bertz CT molecular complexity index is 1250. The van der Waals surface area contributed by atoms with E-state index in [1.807, 2.05) is 24.6 Å². The second-order valence-corrected chi connectivity index (χ2v) is 10.9. The SMILES string of the molecule is CN1CCN(C(=O)CC2=C(C(=O)O)C(c3c(Cl)cccc3Cl)C(C(=O)O)=C(CCc3cccs3)N2)CC1. The Labute approximate surface area is 228 Å². The number of amides is 1. The number of aliphatic carboxylic acids is 2. The summed E-state index contributed by atoms with van der Waals surface area (Å²) in [5.41, 5.74) is 0.312. The maximum atomic E-state index is 13.2. The van der Waals surface area contributed by atoms with Crippen LogP contribution in [0.3, 0.4) is 0 Å². The highest BCUT2D eigenvalue weighted by Crippen LogP contribution is 2.45. The summed E-state index contributed by atoms with van der Waals surface area (Å²) in [6, 6.07) is 8.57. The van der Waals surface area contributed by atoms with Crippen LogP contribution in [-0.2, 0) is 20.8 Å². The average molecular weight is 564 g/mol. The third-order valence-electron chi connectivity index (χ3n) is 6.66. The van der Waals surface area contributed by atoms with E-state index in [0.29, 0.717) is 31.6 Å². The van der Waals surface area contributed by atoms with Gasteiger partial charge in [0.15, 0.2) is 0 Å². The molecule has 37 heavy (non-hydrogen) atoms. The number of nitrogens with zero attached hydrogens (tertiary/aromatic N) is 2. The lowest BCUT2D eigenvalue weighted by molar-refractivity contribution is -0.133. The van der Waals surface area contributed by atoms with E-state index in [1.165, 1.54) is 0 Å². The standard InChI is InChI=1S/C26H27Cl2N3O5S/c1-30-9-11-31(12-10-30)20(32)14-19-23(26(35)36)24(21-16(27)5-2-6-17(21)28)22(25(33)34)18(29-19)8-7-15-4-3-13-37-15/h2-6,13,24,29H,7-12,14H2,1H3,(H,33,34)(H,35,36). The number of aryl methyl sites for hydroxylation is 1. The molecule has 2 aromatic rings. The Morgan fingerprint density at radius 1 is 0.946 bits per heavy atom. The van der Waals surface area contributed by atoms with Crippen LogP contribution in [-0.4, -0.2) is 71.1 Å². The molecule has 0 aliphatic carbocycles. The number of rotatable bonds is 8. The number of carboxylic acids is 2.